The molecule has 0 radical (unpaired) electrons. The molecule has 1 aliphatic carbocycles. The Bertz CT molecular complexity index is 923. The summed E-state index contributed by atoms with van der Waals surface area (Å²) in [6, 6.07) is 8.21. The van der Waals surface area contributed by atoms with Crippen molar-refractivity contribution in [2.45, 2.75) is 38.5 Å². The zero-order valence-electron chi connectivity index (χ0n) is 14.7. The number of carbonyl (C=O) groups is 1. The third-order valence-corrected chi connectivity index (χ3v) is 5.76. The number of rotatable bonds is 4. The summed E-state index contributed by atoms with van der Waals surface area (Å²) in [7, 11) is 0. The Balaban J connectivity index is 1.73. The number of non-ortho nitro benzene ring substituents is 1. The maximum atomic E-state index is 12.3. The standard InChI is InChI=1S/C20H19N3O3S/c21-13-17-16-5-3-1-2-4-6-18(16)27-20(17)22-19(24)12-9-14-7-10-15(11-8-14)23(25)26/h7-12H,1-6H2,(H,22,24). The van der Waals surface area contributed by atoms with Crippen LogP contribution in [-0.2, 0) is 17.6 Å². The summed E-state index contributed by atoms with van der Waals surface area (Å²) in [4.78, 5) is 23.7. The van der Waals surface area contributed by atoms with Gasteiger partial charge in [-0.3, -0.25) is 14.9 Å². The molecule has 0 bridgehead atoms. The minimum absolute atomic E-state index is 0.00580. The second-order valence-corrected chi connectivity index (χ2v) is 7.51. The lowest BCUT2D eigenvalue weighted by Gasteiger charge is -2.08. The molecule has 138 valence electrons. The molecule has 0 unspecified atom stereocenters. The van der Waals surface area contributed by atoms with Gasteiger partial charge in [-0.25, -0.2) is 0 Å². The van der Waals surface area contributed by atoms with Crippen molar-refractivity contribution < 1.29 is 9.72 Å². The number of fused-ring (bicyclic) bond motifs is 1. The minimum Gasteiger partial charge on any atom is -0.313 e. The predicted octanol–water partition coefficient (Wildman–Crippen LogP) is 4.84. The van der Waals surface area contributed by atoms with Crippen LogP contribution >= 0.6 is 11.3 Å². The first kappa shape index (κ1) is 18.8. The highest BCUT2D eigenvalue weighted by atomic mass is 32.1. The monoisotopic (exact) mass is 381 g/mol. The van der Waals surface area contributed by atoms with Crippen LogP contribution in [0.5, 0.6) is 0 Å². The Labute approximate surface area is 161 Å². The number of hydrogen-bond acceptors (Lipinski definition) is 5. The van der Waals surface area contributed by atoms with Crippen LogP contribution < -0.4 is 5.32 Å². The normalized spacial score (nSPS) is 14.0. The van der Waals surface area contributed by atoms with Crippen LogP contribution in [0.4, 0.5) is 10.7 Å². The summed E-state index contributed by atoms with van der Waals surface area (Å²) in [5, 5.41) is 23.7. The lowest BCUT2D eigenvalue weighted by molar-refractivity contribution is -0.384. The van der Waals surface area contributed by atoms with Gasteiger partial charge in [0, 0.05) is 23.1 Å². The van der Waals surface area contributed by atoms with Crippen molar-refractivity contribution in [1.29, 1.82) is 5.26 Å². The van der Waals surface area contributed by atoms with Crippen LogP contribution in [0.15, 0.2) is 30.3 Å². The van der Waals surface area contributed by atoms with Gasteiger partial charge in [0.05, 0.1) is 10.5 Å². The van der Waals surface area contributed by atoms with Crippen molar-refractivity contribution in [2.24, 2.45) is 0 Å². The molecule has 0 fully saturated rings. The number of nitrogens with zero attached hydrogens (tertiary/aromatic N) is 2. The summed E-state index contributed by atoms with van der Waals surface area (Å²) >= 11 is 1.50. The van der Waals surface area contributed by atoms with E-state index in [-0.39, 0.29) is 11.6 Å². The summed E-state index contributed by atoms with van der Waals surface area (Å²) in [5.74, 6) is -0.320. The Morgan fingerprint density at radius 1 is 1.19 bits per heavy atom. The highest BCUT2D eigenvalue weighted by Gasteiger charge is 2.19. The number of anilines is 1. The Kier molecular flexibility index (Phi) is 5.99. The first-order valence-electron chi connectivity index (χ1n) is 8.86. The van der Waals surface area contributed by atoms with Gasteiger partial charge in [-0.1, -0.05) is 12.8 Å². The van der Waals surface area contributed by atoms with E-state index in [4.69, 9.17) is 0 Å². The number of benzene rings is 1. The molecule has 0 atom stereocenters. The number of hydrogen-bond donors (Lipinski definition) is 1. The lowest BCUT2D eigenvalue weighted by atomic mass is 9.97. The Morgan fingerprint density at radius 2 is 1.89 bits per heavy atom. The maximum Gasteiger partial charge on any atom is 0.269 e. The lowest BCUT2D eigenvalue weighted by Crippen LogP contribution is -2.07. The second kappa shape index (κ2) is 8.60. The van der Waals surface area contributed by atoms with E-state index in [0.717, 1.165) is 31.2 Å². The summed E-state index contributed by atoms with van der Waals surface area (Å²) in [6.45, 7) is 0. The van der Waals surface area contributed by atoms with Crippen molar-refractivity contribution in [3.8, 4) is 6.07 Å². The maximum absolute atomic E-state index is 12.3. The molecule has 2 aromatic rings. The van der Waals surface area contributed by atoms with Crippen molar-refractivity contribution in [1.82, 2.24) is 0 Å². The van der Waals surface area contributed by atoms with Crippen molar-refractivity contribution >= 4 is 34.0 Å². The first-order chi connectivity index (χ1) is 13.1. The number of nitro benzene ring substituents is 1. The number of thiophene rings is 1. The van der Waals surface area contributed by atoms with E-state index in [0.29, 0.717) is 16.1 Å². The van der Waals surface area contributed by atoms with Gasteiger partial charge < -0.3 is 5.32 Å². The van der Waals surface area contributed by atoms with Crippen molar-refractivity contribution in [3.05, 3.63) is 62.0 Å². The van der Waals surface area contributed by atoms with Crippen LogP contribution in [0.1, 0.15) is 47.3 Å². The zero-order valence-corrected chi connectivity index (χ0v) is 15.6. The summed E-state index contributed by atoms with van der Waals surface area (Å²) in [6.07, 6.45) is 9.40. The minimum atomic E-state index is -0.466. The molecule has 7 heteroatoms. The molecule has 1 aromatic heterocycles. The summed E-state index contributed by atoms with van der Waals surface area (Å²) in [5.41, 5.74) is 2.38. The molecule has 1 aromatic carbocycles. The molecule has 1 heterocycles. The Morgan fingerprint density at radius 3 is 2.56 bits per heavy atom. The van der Waals surface area contributed by atoms with E-state index >= 15 is 0 Å². The van der Waals surface area contributed by atoms with Gasteiger partial charge in [0.15, 0.2) is 0 Å². The van der Waals surface area contributed by atoms with E-state index in [2.05, 4.69) is 11.4 Å². The van der Waals surface area contributed by atoms with Gasteiger partial charge in [0.2, 0.25) is 5.91 Å². The van der Waals surface area contributed by atoms with Crippen molar-refractivity contribution in [2.75, 3.05) is 5.32 Å². The van der Waals surface area contributed by atoms with Crippen LogP contribution in [0, 0.1) is 21.4 Å². The fraction of sp³-hybridized carbons (Fsp3) is 0.300. The topological polar surface area (TPSA) is 96.0 Å². The molecule has 0 saturated carbocycles. The Hall–Kier alpha value is -2.98. The summed E-state index contributed by atoms with van der Waals surface area (Å²) < 4.78 is 0. The number of nitriles is 1. The van der Waals surface area contributed by atoms with Gasteiger partial charge in [0.25, 0.3) is 5.69 Å². The molecule has 27 heavy (non-hydrogen) atoms. The van der Waals surface area contributed by atoms with Crippen LogP contribution in [0.3, 0.4) is 0 Å². The third-order valence-electron chi connectivity index (χ3n) is 4.55. The number of aryl methyl sites for hydroxylation is 1. The number of nitro groups is 1. The molecule has 3 rings (SSSR count). The average molecular weight is 381 g/mol. The predicted molar refractivity (Wildman–Crippen MR) is 106 cm³/mol. The van der Waals surface area contributed by atoms with Crippen LogP contribution in [0.25, 0.3) is 6.08 Å². The molecule has 0 aliphatic heterocycles. The van der Waals surface area contributed by atoms with E-state index < -0.39 is 4.92 Å². The number of nitrogens with one attached hydrogen (secondary N) is 1. The van der Waals surface area contributed by atoms with Crippen molar-refractivity contribution in [3.63, 3.8) is 0 Å². The van der Waals surface area contributed by atoms with E-state index in [1.54, 1.807) is 18.2 Å². The fourth-order valence-corrected chi connectivity index (χ4v) is 4.40. The van der Waals surface area contributed by atoms with Crippen LogP contribution in [-0.4, -0.2) is 10.8 Å². The fourth-order valence-electron chi connectivity index (χ4n) is 3.16. The van der Waals surface area contributed by atoms with Gasteiger partial charge >= 0.3 is 0 Å². The van der Waals surface area contributed by atoms with E-state index in [1.165, 1.54) is 47.3 Å². The smallest absolute Gasteiger partial charge is 0.269 e. The highest BCUT2D eigenvalue weighted by molar-refractivity contribution is 7.16. The largest absolute Gasteiger partial charge is 0.313 e. The molecular formula is C20H19N3O3S. The van der Waals surface area contributed by atoms with Gasteiger partial charge in [-0.05, 0) is 55.0 Å². The molecule has 1 amide bonds. The highest BCUT2D eigenvalue weighted by Crippen LogP contribution is 2.36. The van der Waals surface area contributed by atoms with Gasteiger partial charge in [0.1, 0.15) is 11.1 Å². The van der Waals surface area contributed by atoms with E-state index in [1.807, 2.05) is 0 Å². The van der Waals surface area contributed by atoms with Crippen LogP contribution in [0.2, 0.25) is 0 Å². The SMILES string of the molecule is N#Cc1c(NC(=O)C=Cc2ccc([N+](=O)[O-])cc2)sc2c1CCCCCC2. The van der Waals surface area contributed by atoms with Gasteiger partial charge in [-0.2, -0.15) is 5.26 Å². The molecule has 0 spiro atoms. The number of amides is 1. The first-order valence-corrected chi connectivity index (χ1v) is 9.68. The molecule has 1 aliphatic rings. The molecule has 1 N–H and O–H groups in total. The molecule has 0 saturated heterocycles. The third kappa shape index (κ3) is 4.60. The van der Waals surface area contributed by atoms with E-state index in [9.17, 15) is 20.2 Å². The van der Waals surface area contributed by atoms with Gasteiger partial charge in [-0.15, -0.1) is 11.3 Å². The molecular weight excluding hydrogens is 362 g/mol. The quantitative estimate of drug-likeness (QED) is 0.466. The number of carbonyl (C=O) groups excluding carboxylic acids is 1. The zero-order chi connectivity index (χ0) is 19.2. The molecule has 6 nitrogen and oxygen atoms in total. The average Bonchev–Trinajstić information content (AvgIpc) is 2.95. The second-order valence-electron chi connectivity index (χ2n) is 6.41.